The van der Waals surface area contributed by atoms with E-state index in [9.17, 15) is 9.18 Å². The first-order chi connectivity index (χ1) is 12.0. The summed E-state index contributed by atoms with van der Waals surface area (Å²) in [5.74, 6) is 0.165. The Bertz CT molecular complexity index is 808. The smallest absolute Gasteiger partial charge is 0.238 e. The molecule has 0 radical (unpaired) electrons. The van der Waals surface area contributed by atoms with Gasteiger partial charge < -0.3 is 4.74 Å². The molecule has 0 saturated carbocycles. The molecule has 0 bridgehead atoms. The molecule has 1 unspecified atom stereocenters. The molecular formula is C19H18FNO2S2. The van der Waals surface area contributed by atoms with Crippen molar-refractivity contribution in [2.45, 2.75) is 19.2 Å². The van der Waals surface area contributed by atoms with Crippen LogP contribution in [-0.2, 0) is 9.53 Å². The molecule has 3 rings (SSSR count). The number of rotatable bonds is 4. The molecule has 0 aromatic heterocycles. The van der Waals surface area contributed by atoms with Crippen LogP contribution in [0, 0.1) is 12.7 Å². The summed E-state index contributed by atoms with van der Waals surface area (Å²) < 4.78 is 18.6. The molecular weight excluding hydrogens is 357 g/mol. The van der Waals surface area contributed by atoms with Crippen LogP contribution in [0.3, 0.4) is 0 Å². The summed E-state index contributed by atoms with van der Waals surface area (Å²) in [7, 11) is 0. The molecule has 6 heteroatoms. The van der Waals surface area contributed by atoms with Crippen LogP contribution in [0.4, 0.5) is 10.1 Å². The van der Waals surface area contributed by atoms with Crippen LogP contribution < -0.4 is 4.90 Å². The predicted octanol–water partition coefficient (Wildman–Crippen LogP) is 4.62. The fourth-order valence-corrected chi connectivity index (χ4v) is 4.24. The average molecular weight is 375 g/mol. The van der Waals surface area contributed by atoms with Crippen molar-refractivity contribution in [1.29, 1.82) is 0 Å². The zero-order chi connectivity index (χ0) is 18.0. The second-order valence-electron chi connectivity index (χ2n) is 5.70. The highest BCUT2D eigenvalue weighted by Gasteiger charge is 2.34. The van der Waals surface area contributed by atoms with Gasteiger partial charge in [0.05, 0.1) is 12.4 Å². The van der Waals surface area contributed by atoms with E-state index in [1.54, 1.807) is 28.8 Å². The summed E-state index contributed by atoms with van der Waals surface area (Å²) in [5.41, 5.74) is 3.52. The molecule has 1 fully saturated rings. The van der Waals surface area contributed by atoms with Crippen molar-refractivity contribution in [3.63, 3.8) is 0 Å². The number of amides is 1. The van der Waals surface area contributed by atoms with E-state index < -0.39 is 0 Å². The summed E-state index contributed by atoms with van der Waals surface area (Å²) in [6.45, 7) is 4.36. The van der Waals surface area contributed by atoms with Crippen molar-refractivity contribution < 1.29 is 13.9 Å². The number of anilines is 1. The standard InChI is InChI=1S/C19H18FNO2S2/c1-3-23-19(24)14-6-9-16(12(2)10-14)21-17(22)11-25-18(21)13-4-7-15(20)8-5-13/h4-10,18H,3,11H2,1-2H3. The molecule has 1 amide bonds. The number of aryl methyl sites for hydroxylation is 1. The highest BCUT2D eigenvalue weighted by Crippen LogP contribution is 2.42. The highest BCUT2D eigenvalue weighted by atomic mass is 32.2. The molecule has 1 atom stereocenters. The molecule has 1 aliphatic rings. The van der Waals surface area contributed by atoms with Gasteiger partial charge in [-0.05, 0) is 67.5 Å². The van der Waals surface area contributed by atoms with Crippen LogP contribution in [0.2, 0.25) is 0 Å². The predicted molar refractivity (Wildman–Crippen MR) is 104 cm³/mol. The first kappa shape index (κ1) is 17.9. The largest absolute Gasteiger partial charge is 0.483 e. The summed E-state index contributed by atoms with van der Waals surface area (Å²) >= 11 is 6.79. The SMILES string of the molecule is CCOC(=S)c1ccc(N2C(=O)CSC2c2ccc(F)cc2)c(C)c1. The first-order valence-electron chi connectivity index (χ1n) is 7.98. The summed E-state index contributed by atoms with van der Waals surface area (Å²) in [4.78, 5) is 14.3. The van der Waals surface area contributed by atoms with Gasteiger partial charge in [-0.1, -0.05) is 12.1 Å². The van der Waals surface area contributed by atoms with Crippen LogP contribution in [0.1, 0.15) is 29.0 Å². The van der Waals surface area contributed by atoms with Crippen molar-refractivity contribution >= 4 is 40.6 Å². The Morgan fingerprint density at radius 1 is 1.32 bits per heavy atom. The van der Waals surface area contributed by atoms with Crippen molar-refractivity contribution in [3.8, 4) is 0 Å². The van der Waals surface area contributed by atoms with E-state index in [-0.39, 0.29) is 17.1 Å². The van der Waals surface area contributed by atoms with E-state index in [1.807, 2.05) is 32.0 Å². The van der Waals surface area contributed by atoms with Gasteiger partial charge in [-0.2, -0.15) is 0 Å². The second kappa shape index (κ2) is 7.54. The normalized spacial score (nSPS) is 17.0. The minimum Gasteiger partial charge on any atom is -0.483 e. The van der Waals surface area contributed by atoms with Gasteiger partial charge in [0.2, 0.25) is 5.91 Å². The van der Waals surface area contributed by atoms with Crippen molar-refractivity contribution in [3.05, 3.63) is 65.0 Å². The van der Waals surface area contributed by atoms with Gasteiger partial charge in [0.1, 0.15) is 11.2 Å². The van der Waals surface area contributed by atoms with E-state index >= 15 is 0 Å². The fourth-order valence-electron chi connectivity index (χ4n) is 2.83. The minimum absolute atomic E-state index is 0.0440. The fraction of sp³-hybridized carbons (Fsp3) is 0.263. The molecule has 0 N–H and O–H groups in total. The van der Waals surface area contributed by atoms with E-state index in [0.29, 0.717) is 17.4 Å². The Labute approximate surface area is 156 Å². The quantitative estimate of drug-likeness (QED) is 0.729. The molecule has 2 aromatic carbocycles. The highest BCUT2D eigenvalue weighted by molar-refractivity contribution is 8.00. The van der Waals surface area contributed by atoms with Gasteiger partial charge >= 0.3 is 0 Å². The Kier molecular flexibility index (Phi) is 5.39. The molecule has 1 heterocycles. The molecule has 130 valence electrons. The van der Waals surface area contributed by atoms with E-state index in [0.717, 1.165) is 22.4 Å². The van der Waals surface area contributed by atoms with Gasteiger partial charge in [0.25, 0.3) is 0 Å². The number of benzene rings is 2. The van der Waals surface area contributed by atoms with Crippen LogP contribution in [-0.4, -0.2) is 23.3 Å². The van der Waals surface area contributed by atoms with Crippen molar-refractivity contribution in [1.82, 2.24) is 0 Å². The number of hydrogen-bond acceptors (Lipinski definition) is 4. The molecule has 0 spiro atoms. The number of nitrogens with zero attached hydrogens (tertiary/aromatic N) is 1. The molecule has 0 aliphatic carbocycles. The summed E-state index contributed by atoms with van der Waals surface area (Å²) in [6, 6.07) is 12.0. The second-order valence-corrected chi connectivity index (χ2v) is 7.14. The van der Waals surface area contributed by atoms with Gasteiger partial charge in [0, 0.05) is 11.3 Å². The zero-order valence-electron chi connectivity index (χ0n) is 14.0. The average Bonchev–Trinajstić information content (AvgIpc) is 2.97. The minimum atomic E-state index is -0.283. The van der Waals surface area contributed by atoms with Crippen LogP contribution in [0.5, 0.6) is 0 Å². The van der Waals surface area contributed by atoms with E-state index in [1.165, 1.54) is 12.1 Å². The number of hydrogen-bond donors (Lipinski definition) is 0. The molecule has 3 nitrogen and oxygen atoms in total. The van der Waals surface area contributed by atoms with Crippen LogP contribution >= 0.6 is 24.0 Å². The zero-order valence-corrected chi connectivity index (χ0v) is 15.6. The van der Waals surface area contributed by atoms with Gasteiger partial charge in [-0.3, -0.25) is 9.69 Å². The number of halogens is 1. The third-order valence-corrected chi connectivity index (χ3v) is 5.56. The lowest BCUT2D eigenvalue weighted by atomic mass is 10.1. The van der Waals surface area contributed by atoms with Crippen molar-refractivity contribution in [2.75, 3.05) is 17.3 Å². The maximum atomic E-state index is 13.2. The Morgan fingerprint density at radius 3 is 2.68 bits per heavy atom. The monoisotopic (exact) mass is 375 g/mol. The lowest BCUT2D eigenvalue weighted by Gasteiger charge is -2.26. The first-order valence-corrected chi connectivity index (χ1v) is 9.44. The third kappa shape index (κ3) is 3.70. The lowest BCUT2D eigenvalue weighted by molar-refractivity contribution is -0.115. The number of carbonyl (C=O) groups excluding carboxylic acids is 1. The lowest BCUT2D eigenvalue weighted by Crippen LogP contribution is -2.28. The number of ether oxygens (including phenoxy) is 1. The topological polar surface area (TPSA) is 29.5 Å². The number of carbonyl (C=O) groups is 1. The van der Waals surface area contributed by atoms with Crippen LogP contribution in [0.15, 0.2) is 42.5 Å². The maximum Gasteiger partial charge on any atom is 0.238 e. The number of thiocarbonyl (C=S) groups is 1. The summed E-state index contributed by atoms with van der Waals surface area (Å²) in [5, 5.41) is 0.297. The molecule has 25 heavy (non-hydrogen) atoms. The van der Waals surface area contributed by atoms with E-state index in [4.69, 9.17) is 17.0 Å². The van der Waals surface area contributed by atoms with E-state index in [2.05, 4.69) is 0 Å². The van der Waals surface area contributed by atoms with Gasteiger partial charge in [-0.25, -0.2) is 4.39 Å². The van der Waals surface area contributed by atoms with Gasteiger partial charge in [-0.15, -0.1) is 11.8 Å². The Morgan fingerprint density at radius 2 is 2.04 bits per heavy atom. The third-order valence-electron chi connectivity index (χ3n) is 3.99. The van der Waals surface area contributed by atoms with Crippen molar-refractivity contribution in [2.24, 2.45) is 0 Å². The Balaban J connectivity index is 1.94. The maximum absolute atomic E-state index is 13.2. The Hall–Kier alpha value is -1.92. The number of thioether (sulfide) groups is 1. The molecule has 2 aromatic rings. The summed E-state index contributed by atoms with van der Waals surface area (Å²) in [6.07, 6.45) is 0. The van der Waals surface area contributed by atoms with Crippen LogP contribution in [0.25, 0.3) is 0 Å². The van der Waals surface area contributed by atoms with Gasteiger partial charge in [0.15, 0.2) is 5.05 Å². The molecule has 1 aliphatic heterocycles. The molecule has 1 saturated heterocycles.